The van der Waals surface area contributed by atoms with Gasteiger partial charge in [-0.1, -0.05) is 6.92 Å². The molecular formula is C16H19N3O2S. The van der Waals surface area contributed by atoms with Crippen LogP contribution in [0.5, 0.6) is 0 Å². The molecule has 1 atom stereocenters. The van der Waals surface area contributed by atoms with Crippen molar-refractivity contribution in [2.75, 3.05) is 19.8 Å². The molecule has 1 fully saturated rings. The van der Waals surface area contributed by atoms with Crippen molar-refractivity contribution in [3.63, 3.8) is 0 Å². The van der Waals surface area contributed by atoms with E-state index < -0.39 is 0 Å². The molecule has 1 aliphatic rings. The van der Waals surface area contributed by atoms with Crippen LogP contribution in [0.1, 0.15) is 30.2 Å². The first-order valence-corrected chi connectivity index (χ1v) is 8.53. The van der Waals surface area contributed by atoms with Crippen molar-refractivity contribution in [1.82, 2.24) is 14.3 Å². The van der Waals surface area contributed by atoms with Gasteiger partial charge in [-0.2, -0.15) is 0 Å². The van der Waals surface area contributed by atoms with Crippen molar-refractivity contribution in [1.29, 1.82) is 0 Å². The van der Waals surface area contributed by atoms with Gasteiger partial charge in [-0.15, -0.1) is 11.3 Å². The van der Waals surface area contributed by atoms with Gasteiger partial charge in [0.05, 0.1) is 24.9 Å². The molecule has 0 N–H and O–H groups in total. The summed E-state index contributed by atoms with van der Waals surface area (Å²) in [5.74, 6) is 2.03. The molecule has 4 rings (SSSR count). The summed E-state index contributed by atoms with van der Waals surface area (Å²) in [6.45, 7) is 5.27. The number of hydrogen-bond donors (Lipinski definition) is 0. The fourth-order valence-electron chi connectivity index (χ4n) is 2.91. The minimum Gasteiger partial charge on any atom is -0.464 e. The van der Waals surface area contributed by atoms with E-state index in [9.17, 15) is 0 Å². The number of furan rings is 1. The summed E-state index contributed by atoms with van der Waals surface area (Å²) in [5.41, 5.74) is 1.10. The maximum Gasteiger partial charge on any atom is 0.193 e. The minimum absolute atomic E-state index is 0.175. The number of rotatable bonds is 4. The van der Waals surface area contributed by atoms with Crippen molar-refractivity contribution in [2.45, 2.75) is 25.9 Å². The van der Waals surface area contributed by atoms with E-state index in [-0.39, 0.29) is 6.04 Å². The van der Waals surface area contributed by atoms with Gasteiger partial charge in [-0.05, 0) is 12.1 Å². The summed E-state index contributed by atoms with van der Waals surface area (Å²) in [7, 11) is 0. The van der Waals surface area contributed by atoms with Crippen molar-refractivity contribution in [3.05, 3.63) is 47.1 Å². The highest BCUT2D eigenvalue weighted by Gasteiger charge is 2.27. The lowest BCUT2D eigenvalue weighted by Crippen LogP contribution is -2.38. The fourth-order valence-corrected chi connectivity index (χ4v) is 3.63. The quantitative estimate of drug-likeness (QED) is 0.741. The van der Waals surface area contributed by atoms with E-state index in [1.807, 2.05) is 6.20 Å². The van der Waals surface area contributed by atoms with Gasteiger partial charge in [0.15, 0.2) is 4.96 Å². The van der Waals surface area contributed by atoms with E-state index in [1.165, 1.54) is 0 Å². The van der Waals surface area contributed by atoms with Crippen LogP contribution in [-0.2, 0) is 17.7 Å². The molecule has 0 aliphatic carbocycles. The summed E-state index contributed by atoms with van der Waals surface area (Å²) < 4.78 is 13.7. The highest BCUT2D eigenvalue weighted by molar-refractivity contribution is 7.15. The normalized spacial score (nSPS) is 20.0. The number of morpholine rings is 1. The second kappa shape index (κ2) is 5.87. The lowest BCUT2D eigenvalue weighted by molar-refractivity contribution is -0.0210. The minimum atomic E-state index is 0.175. The molecule has 0 radical (unpaired) electrons. The Kier molecular flexibility index (Phi) is 3.73. The Bertz CT molecular complexity index is 732. The predicted molar refractivity (Wildman–Crippen MR) is 85.1 cm³/mol. The van der Waals surface area contributed by atoms with Crippen LogP contribution in [-0.4, -0.2) is 34.0 Å². The zero-order valence-electron chi connectivity index (χ0n) is 12.6. The third kappa shape index (κ3) is 2.58. The van der Waals surface area contributed by atoms with Crippen LogP contribution in [0.4, 0.5) is 0 Å². The van der Waals surface area contributed by atoms with Gasteiger partial charge in [0.25, 0.3) is 0 Å². The number of fused-ring (bicyclic) bond motifs is 1. The van der Waals surface area contributed by atoms with Gasteiger partial charge in [-0.25, -0.2) is 4.98 Å². The Balaban J connectivity index is 1.56. The van der Waals surface area contributed by atoms with Gasteiger partial charge < -0.3 is 9.15 Å². The first-order valence-electron chi connectivity index (χ1n) is 7.65. The maximum absolute atomic E-state index is 5.94. The molecule has 3 aromatic rings. The van der Waals surface area contributed by atoms with Gasteiger partial charge >= 0.3 is 0 Å². The highest BCUT2D eigenvalue weighted by Crippen LogP contribution is 2.27. The number of nitrogens with zero attached hydrogens (tertiary/aromatic N) is 3. The Morgan fingerprint density at radius 2 is 2.36 bits per heavy atom. The van der Waals surface area contributed by atoms with E-state index in [0.717, 1.165) is 48.3 Å². The van der Waals surface area contributed by atoms with E-state index in [1.54, 1.807) is 11.3 Å². The van der Waals surface area contributed by atoms with E-state index in [4.69, 9.17) is 9.15 Å². The van der Waals surface area contributed by atoms with Crippen LogP contribution in [0.2, 0.25) is 0 Å². The average molecular weight is 317 g/mol. The first kappa shape index (κ1) is 14.0. The molecule has 3 aromatic heterocycles. The number of hydrogen-bond acceptors (Lipinski definition) is 5. The number of aromatic nitrogens is 2. The molecule has 1 aliphatic heterocycles. The second-order valence-corrected chi connectivity index (χ2v) is 6.42. The van der Waals surface area contributed by atoms with Gasteiger partial charge in [-0.3, -0.25) is 9.30 Å². The summed E-state index contributed by atoms with van der Waals surface area (Å²) in [4.78, 5) is 8.13. The predicted octanol–water partition coefficient (Wildman–Crippen LogP) is 3.12. The molecule has 0 aromatic carbocycles. The average Bonchev–Trinajstić information content (AvgIpc) is 3.22. The molecule has 6 heteroatoms. The molecule has 1 unspecified atom stereocenters. The van der Waals surface area contributed by atoms with Crippen LogP contribution in [0, 0.1) is 0 Å². The Hall–Kier alpha value is -1.63. The molecule has 0 bridgehead atoms. The Labute approximate surface area is 133 Å². The largest absolute Gasteiger partial charge is 0.464 e. The van der Waals surface area contributed by atoms with Gasteiger partial charge in [0.2, 0.25) is 0 Å². The molecule has 0 saturated carbocycles. The Morgan fingerprint density at radius 3 is 3.18 bits per heavy atom. The zero-order chi connectivity index (χ0) is 14.9. The van der Waals surface area contributed by atoms with Crippen molar-refractivity contribution in [2.24, 2.45) is 0 Å². The third-order valence-electron chi connectivity index (χ3n) is 4.11. The molecule has 0 amide bonds. The lowest BCUT2D eigenvalue weighted by atomic mass is 10.1. The first-order chi connectivity index (χ1) is 10.8. The standard InChI is InChI=1S/C16H19N3O2S/c1-2-13-3-4-15(21-13)14-11-20-7-5-18(14)9-12-10-19-6-8-22-16(19)17-12/h3-4,6,8,10,14H,2,5,7,9,11H2,1H3. The monoisotopic (exact) mass is 317 g/mol. The van der Waals surface area contributed by atoms with E-state index in [2.05, 4.69) is 44.9 Å². The van der Waals surface area contributed by atoms with Gasteiger partial charge in [0.1, 0.15) is 11.5 Å². The van der Waals surface area contributed by atoms with Crippen molar-refractivity contribution >= 4 is 16.3 Å². The smallest absolute Gasteiger partial charge is 0.193 e. The van der Waals surface area contributed by atoms with E-state index >= 15 is 0 Å². The molecule has 0 spiro atoms. The highest BCUT2D eigenvalue weighted by atomic mass is 32.1. The van der Waals surface area contributed by atoms with Crippen LogP contribution in [0.15, 0.2) is 34.3 Å². The number of ether oxygens (including phenoxy) is 1. The van der Waals surface area contributed by atoms with Crippen LogP contribution in [0.25, 0.3) is 4.96 Å². The molecule has 4 heterocycles. The number of aryl methyl sites for hydroxylation is 1. The third-order valence-corrected chi connectivity index (χ3v) is 4.88. The van der Waals surface area contributed by atoms with Gasteiger partial charge in [0, 0.05) is 37.3 Å². The summed E-state index contributed by atoms with van der Waals surface area (Å²) in [6.07, 6.45) is 5.08. The van der Waals surface area contributed by atoms with Crippen molar-refractivity contribution in [3.8, 4) is 0 Å². The van der Waals surface area contributed by atoms with E-state index in [0.29, 0.717) is 6.61 Å². The number of imidazole rings is 1. The number of thiazole rings is 1. The topological polar surface area (TPSA) is 42.9 Å². The van der Waals surface area contributed by atoms with Crippen LogP contribution >= 0.6 is 11.3 Å². The molecule has 1 saturated heterocycles. The SMILES string of the molecule is CCc1ccc(C2COCCN2Cc2cn3ccsc3n2)o1. The van der Waals surface area contributed by atoms with Crippen molar-refractivity contribution < 1.29 is 9.15 Å². The summed E-state index contributed by atoms with van der Waals surface area (Å²) in [6, 6.07) is 4.32. The summed E-state index contributed by atoms with van der Waals surface area (Å²) in [5, 5.41) is 2.05. The zero-order valence-corrected chi connectivity index (χ0v) is 13.4. The maximum atomic E-state index is 5.94. The molecule has 5 nitrogen and oxygen atoms in total. The Morgan fingerprint density at radius 1 is 1.41 bits per heavy atom. The van der Waals surface area contributed by atoms with Crippen LogP contribution < -0.4 is 0 Å². The summed E-state index contributed by atoms with van der Waals surface area (Å²) >= 11 is 1.66. The fraction of sp³-hybridized carbons (Fsp3) is 0.438. The lowest BCUT2D eigenvalue weighted by Gasteiger charge is -2.33. The second-order valence-electron chi connectivity index (χ2n) is 5.54. The molecule has 116 valence electrons. The van der Waals surface area contributed by atoms with Crippen LogP contribution in [0.3, 0.4) is 0 Å². The molecule has 22 heavy (non-hydrogen) atoms. The molecular weight excluding hydrogens is 298 g/mol.